The number of fused-ring (bicyclic) bond motifs is 1. The van der Waals surface area contributed by atoms with Crippen molar-refractivity contribution >= 4 is 40.0 Å². The van der Waals surface area contributed by atoms with Crippen molar-refractivity contribution in [3.05, 3.63) is 65.4 Å². The fourth-order valence-electron chi connectivity index (χ4n) is 3.40. The first kappa shape index (κ1) is 17.9. The van der Waals surface area contributed by atoms with Crippen molar-refractivity contribution in [1.82, 2.24) is 4.98 Å². The van der Waals surface area contributed by atoms with Crippen molar-refractivity contribution in [3.63, 3.8) is 0 Å². The molecule has 0 saturated carbocycles. The normalized spacial score (nSPS) is 14.0. The van der Waals surface area contributed by atoms with Crippen molar-refractivity contribution in [2.45, 2.75) is 26.7 Å². The van der Waals surface area contributed by atoms with Gasteiger partial charge in [0, 0.05) is 29.5 Å². The van der Waals surface area contributed by atoms with Gasteiger partial charge in [-0.1, -0.05) is 11.6 Å². The molecule has 1 saturated heterocycles. The SMILES string of the molecule is Cc1ccc2nc(C)cc(NC(=O)c3ccc(N4C(=O)CCC4=O)cc3)c2c1. The molecule has 0 bridgehead atoms. The van der Waals surface area contributed by atoms with Crippen LogP contribution in [0.1, 0.15) is 34.5 Å². The van der Waals surface area contributed by atoms with Crippen LogP contribution >= 0.6 is 0 Å². The van der Waals surface area contributed by atoms with Crippen LogP contribution in [0.15, 0.2) is 48.5 Å². The lowest BCUT2D eigenvalue weighted by atomic mass is 10.1. The molecule has 1 N–H and O–H groups in total. The summed E-state index contributed by atoms with van der Waals surface area (Å²) in [6.45, 7) is 3.87. The zero-order chi connectivity index (χ0) is 19.8. The maximum absolute atomic E-state index is 12.7. The molecule has 6 nitrogen and oxygen atoms in total. The third kappa shape index (κ3) is 3.24. The number of rotatable bonds is 3. The first-order valence-corrected chi connectivity index (χ1v) is 9.07. The zero-order valence-electron chi connectivity index (χ0n) is 15.7. The number of benzene rings is 2. The number of hydrogen-bond donors (Lipinski definition) is 1. The Kier molecular flexibility index (Phi) is 4.39. The summed E-state index contributed by atoms with van der Waals surface area (Å²) in [5, 5.41) is 3.83. The van der Waals surface area contributed by atoms with E-state index >= 15 is 0 Å². The van der Waals surface area contributed by atoms with Crippen molar-refractivity contribution in [3.8, 4) is 0 Å². The third-order valence-corrected chi connectivity index (χ3v) is 4.78. The van der Waals surface area contributed by atoms with Crippen LogP contribution in [-0.2, 0) is 9.59 Å². The molecule has 0 atom stereocenters. The molecule has 6 heteroatoms. The van der Waals surface area contributed by atoms with E-state index in [1.165, 1.54) is 4.90 Å². The molecule has 1 aromatic heterocycles. The summed E-state index contributed by atoms with van der Waals surface area (Å²) >= 11 is 0. The Bertz CT molecular complexity index is 1100. The van der Waals surface area contributed by atoms with Gasteiger partial charge < -0.3 is 5.32 Å². The van der Waals surface area contributed by atoms with E-state index in [-0.39, 0.29) is 30.6 Å². The van der Waals surface area contributed by atoms with E-state index in [2.05, 4.69) is 10.3 Å². The molecule has 28 heavy (non-hydrogen) atoms. The number of pyridine rings is 1. The minimum atomic E-state index is -0.265. The predicted molar refractivity (Wildman–Crippen MR) is 107 cm³/mol. The van der Waals surface area contributed by atoms with E-state index in [9.17, 15) is 14.4 Å². The molecule has 0 unspecified atom stereocenters. The highest BCUT2D eigenvalue weighted by Gasteiger charge is 2.30. The van der Waals surface area contributed by atoms with Crippen LogP contribution in [0.2, 0.25) is 0 Å². The largest absolute Gasteiger partial charge is 0.321 e. The summed E-state index contributed by atoms with van der Waals surface area (Å²) < 4.78 is 0. The van der Waals surface area contributed by atoms with Gasteiger partial charge in [0.25, 0.3) is 5.91 Å². The molecule has 3 amide bonds. The first-order chi connectivity index (χ1) is 13.4. The van der Waals surface area contributed by atoms with Gasteiger partial charge in [0.1, 0.15) is 0 Å². The molecule has 0 spiro atoms. The lowest BCUT2D eigenvalue weighted by Crippen LogP contribution is -2.28. The van der Waals surface area contributed by atoms with Crippen LogP contribution in [-0.4, -0.2) is 22.7 Å². The first-order valence-electron chi connectivity index (χ1n) is 9.07. The molecule has 140 valence electrons. The molecule has 1 aliphatic heterocycles. The maximum atomic E-state index is 12.7. The number of carbonyl (C=O) groups is 3. The summed E-state index contributed by atoms with van der Waals surface area (Å²) in [5.74, 6) is -0.688. The number of anilines is 2. The highest BCUT2D eigenvalue weighted by atomic mass is 16.2. The second-order valence-corrected chi connectivity index (χ2v) is 6.96. The lowest BCUT2D eigenvalue weighted by Gasteiger charge is -2.14. The fourth-order valence-corrected chi connectivity index (χ4v) is 3.40. The summed E-state index contributed by atoms with van der Waals surface area (Å²) in [5.41, 5.74) is 4.35. The Hall–Kier alpha value is -3.54. The number of aryl methyl sites for hydroxylation is 2. The molecule has 2 heterocycles. The number of aromatic nitrogens is 1. The van der Waals surface area contributed by atoms with E-state index in [1.54, 1.807) is 24.3 Å². The van der Waals surface area contributed by atoms with Crippen LogP contribution in [0.25, 0.3) is 10.9 Å². The predicted octanol–water partition coefficient (Wildman–Crippen LogP) is 3.76. The van der Waals surface area contributed by atoms with E-state index < -0.39 is 0 Å². The van der Waals surface area contributed by atoms with Gasteiger partial charge in [-0.05, 0) is 56.3 Å². The Balaban J connectivity index is 1.61. The molecule has 0 aliphatic carbocycles. The van der Waals surface area contributed by atoms with Crippen LogP contribution in [0.5, 0.6) is 0 Å². The smallest absolute Gasteiger partial charge is 0.255 e. The minimum Gasteiger partial charge on any atom is -0.321 e. The number of nitrogens with one attached hydrogen (secondary N) is 1. The topological polar surface area (TPSA) is 79.4 Å². The average Bonchev–Trinajstić information content (AvgIpc) is 3.00. The van der Waals surface area contributed by atoms with Gasteiger partial charge in [0.05, 0.1) is 16.9 Å². The van der Waals surface area contributed by atoms with Gasteiger partial charge in [-0.25, -0.2) is 0 Å². The monoisotopic (exact) mass is 373 g/mol. The Morgan fingerprint density at radius 3 is 2.32 bits per heavy atom. The Morgan fingerprint density at radius 1 is 0.964 bits per heavy atom. The van der Waals surface area contributed by atoms with Crippen LogP contribution < -0.4 is 10.2 Å². The molecular formula is C22H19N3O3. The highest BCUT2D eigenvalue weighted by Crippen LogP contribution is 2.26. The summed E-state index contributed by atoms with van der Waals surface area (Å²) in [7, 11) is 0. The van der Waals surface area contributed by atoms with E-state index in [0.717, 1.165) is 22.2 Å². The average molecular weight is 373 g/mol. The van der Waals surface area contributed by atoms with E-state index in [1.807, 2.05) is 38.1 Å². The van der Waals surface area contributed by atoms with Crippen molar-refractivity contribution in [2.75, 3.05) is 10.2 Å². The number of carbonyl (C=O) groups excluding carboxylic acids is 3. The third-order valence-electron chi connectivity index (χ3n) is 4.78. The molecule has 4 rings (SSSR count). The number of nitrogens with zero attached hydrogens (tertiary/aromatic N) is 2. The molecule has 1 fully saturated rings. The molecular weight excluding hydrogens is 354 g/mol. The number of amides is 3. The lowest BCUT2D eigenvalue weighted by molar-refractivity contribution is -0.121. The van der Waals surface area contributed by atoms with Crippen LogP contribution in [0, 0.1) is 13.8 Å². The Labute approximate surface area is 162 Å². The highest BCUT2D eigenvalue weighted by molar-refractivity contribution is 6.20. The van der Waals surface area contributed by atoms with Gasteiger partial charge in [0.15, 0.2) is 0 Å². The van der Waals surface area contributed by atoms with Crippen molar-refractivity contribution < 1.29 is 14.4 Å². The van der Waals surface area contributed by atoms with Gasteiger partial charge in [-0.15, -0.1) is 0 Å². The quantitative estimate of drug-likeness (QED) is 0.709. The Morgan fingerprint density at radius 2 is 1.64 bits per heavy atom. The molecule has 3 aromatic rings. The summed E-state index contributed by atoms with van der Waals surface area (Å²) in [6, 6.07) is 14.2. The van der Waals surface area contributed by atoms with Gasteiger partial charge >= 0.3 is 0 Å². The van der Waals surface area contributed by atoms with Gasteiger partial charge in [-0.2, -0.15) is 0 Å². The second-order valence-electron chi connectivity index (χ2n) is 6.96. The number of imide groups is 1. The van der Waals surface area contributed by atoms with Gasteiger partial charge in [0.2, 0.25) is 11.8 Å². The van der Waals surface area contributed by atoms with E-state index in [0.29, 0.717) is 16.9 Å². The van der Waals surface area contributed by atoms with Crippen molar-refractivity contribution in [2.24, 2.45) is 0 Å². The standard InChI is InChI=1S/C22H19N3O3/c1-13-3-8-18-17(11-13)19(12-14(2)23-18)24-22(28)15-4-6-16(7-5-15)25-20(26)9-10-21(25)27/h3-8,11-12H,9-10H2,1-2H3,(H,23,24,28). The zero-order valence-corrected chi connectivity index (χ0v) is 15.7. The van der Waals surface area contributed by atoms with Crippen LogP contribution in [0.4, 0.5) is 11.4 Å². The summed E-state index contributed by atoms with van der Waals surface area (Å²) in [6.07, 6.45) is 0.462. The molecule has 1 aliphatic rings. The molecule has 2 aromatic carbocycles. The second kappa shape index (κ2) is 6.88. The molecule has 0 radical (unpaired) electrons. The fraction of sp³-hybridized carbons (Fsp3) is 0.182. The van der Waals surface area contributed by atoms with E-state index in [4.69, 9.17) is 0 Å². The maximum Gasteiger partial charge on any atom is 0.255 e. The van der Waals surface area contributed by atoms with Gasteiger partial charge in [-0.3, -0.25) is 24.3 Å². The van der Waals surface area contributed by atoms with Crippen molar-refractivity contribution in [1.29, 1.82) is 0 Å². The summed E-state index contributed by atoms with van der Waals surface area (Å²) in [4.78, 5) is 42.1. The number of hydrogen-bond acceptors (Lipinski definition) is 4. The minimum absolute atomic E-state index is 0.212. The van der Waals surface area contributed by atoms with Crippen LogP contribution in [0.3, 0.4) is 0 Å².